The first-order chi connectivity index (χ1) is 16.1. The van der Waals surface area contributed by atoms with E-state index in [-0.39, 0.29) is 12.4 Å². The highest BCUT2D eigenvalue weighted by molar-refractivity contribution is 5.85. The third-order valence-corrected chi connectivity index (χ3v) is 5.99. The molecule has 186 valence electrons. The number of hydrogen-bond acceptors (Lipinski definition) is 4. The summed E-state index contributed by atoms with van der Waals surface area (Å²) in [5.74, 6) is 0.496. The maximum absolute atomic E-state index is 5.61. The van der Waals surface area contributed by atoms with Crippen LogP contribution in [0.1, 0.15) is 87.7 Å². The summed E-state index contributed by atoms with van der Waals surface area (Å²) in [4.78, 5) is 7.11. The first-order valence-electron chi connectivity index (χ1n) is 12.6. The second kappa shape index (κ2) is 15.3. The zero-order valence-corrected chi connectivity index (χ0v) is 21.6. The number of imidazole rings is 1. The predicted octanol–water partition coefficient (Wildman–Crippen LogP) is 6.58. The predicted molar refractivity (Wildman–Crippen MR) is 144 cm³/mol. The first-order valence-corrected chi connectivity index (χ1v) is 12.6. The van der Waals surface area contributed by atoms with Crippen LogP contribution in [0.25, 0.3) is 6.08 Å². The standard InChI is InChI=1S/C27H40N6.ClH/c1-3-4-5-6-8-11-23-14-16-24(17-15-23)18-22(2)20-33-21-26(31-32-33)13-10-7-9-12-25-19-29-27(28)30-25;/h14-19,21H,3-13,20H2,1-2H3,(H3,28,29,30);1H/b22-18+;. The Balaban J connectivity index is 0.00000408. The van der Waals surface area contributed by atoms with Crippen molar-refractivity contribution in [2.24, 2.45) is 0 Å². The molecule has 2 heterocycles. The van der Waals surface area contributed by atoms with Crippen molar-refractivity contribution in [3.63, 3.8) is 0 Å². The molecule has 0 radical (unpaired) electrons. The second-order valence-electron chi connectivity index (χ2n) is 9.16. The highest BCUT2D eigenvalue weighted by Gasteiger charge is 2.03. The lowest BCUT2D eigenvalue weighted by Gasteiger charge is -2.04. The van der Waals surface area contributed by atoms with E-state index in [2.05, 4.69) is 70.7 Å². The molecule has 0 aliphatic rings. The topological polar surface area (TPSA) is 85.4 Å². The molecule has 0 atom stereocenters. The molecule has 0 spiro atoms. The lowest BCUT2D eigenvalue weighted by Crippen LogP contribution is -1.99. The highest BCUT2D eigenvalue weighted by atomic mass is 35.5. The minimum absolute atomic E-state index is 0. The molecule has 0 aliphatic carbocycles. The van der Waals surface area contributed by atoms with Crippen LogP contribution in [0.15, 0.2) is 42.2 Å². The van der Waals surface area contributed by atoms with Crippen molar-refractivity contribution >= 4 is 24.4 Å². The zero-order chi connectivity index (χ0) is 23.3. The van der Waals surface area contributed by atoms with Gasteiger partial charge in [-0.2, -0.15) is 0 Å². The van der Waals surface area contributed by atoms with Crippen LogP contribution in [0, 0.1) is 0 Å². The zero-order valence-electron chi connectivity index (χ0n) is 20.8. The number of aryl methyl sites for hydroxylation is 3. The summed E-state index contributed by atoms with van der Waals surface area (Å²) in [6, 6.07) is 9.01. The number of hydrogen-bond donors (Lipinski definition) is 2. The second-order valence-corrected chi connectivity index (χ2v) is 9.16. The van der Waals surface area contributed by atoms with Gasteiger partial charge in [-0.3, -0.25) is 0 Å². The molecule has 0 saturated carbocycles. The molecule has 6 nitrogen and oxygen atoms in total. The Bertz CT molecular complexity index is 973. The van der Waals surface area contributed by atoms with E-state index in [1.54, 1.807) is 0 Å². The van der Waals surface area contributed by atoms with Crippen molar-refractivity contribution in [2.75, 3.05) is 5.73 Å². The lowest BCUT2D eigenvalue weighted by molar-refractivity contribution is 0.632. The van der Waals surface area contributed by atoms with Crippen LogP contribution >= 0.6 is 12.4 Å². The van der Waals surface area contributed by atoms with Crippen LogP contribution in [0.5, 0.6) is 0 Å². The van der Waals surface area contributed by atoms with E-state index >= 15 is 0 Å². The normalized spacial score (nSPS) is 11.5. The Hall–Kier alpha value is -2.60. The van der Waals surface area contributed by atoms with Crippen LogP contribution < -0.4 is 5.73 Å². The Morgan fingerprint density at radius 3 is 2.41 bits per heavy atom. The summed E-state index contributed by atoms with van der Waals surface area (Å²) < 4.78 is 1.94. The number of rotatable bonds is 15. The molecule has 0 saturated heterocycles. The molecule has 34 heavy (non-hydrogen) atoms. The number of nitrogen functional groups attached to an aromatic ring is 1. The molecule has 3 N–H and O–H groups in total. The third kappa shape index (κ3) is 10.1. The molecule has 3 rings (SSSR count). The fourth-order valence-corrected chi connectivity index (χ4v) is 4.13. The number of nitrogens with two attached hydrogens (primary N) is 1. The third-order valence-electron chi connectivity index (χ3n) is 5.99. The minimum atomic E-state index is 0. The molecule has 7 heteroatoms. The van der Waals surface area contributed by atoms with Gasteiger partial charge < -0.3 is 10.7 Å². The van der Waals surface area contributed by atoms with E-state index in [0.29, 0.717) is 5.95 Å². The van der Waals surface area contributed by atoms with Gasteiger partial charge in [0, 0.05) is 11.9 Å². The quantitative estimate of drug-likeness (QED) is 0.238. The van der Waals surface area contributed by atoms with Crippen LogP contribution in [0.4, 0.5) is 5.95 Å². The molecule has 0 unspecified atom stereocenters. The van der Waals surface area contributed by atoms with Crippen molar-refractivity contribution in [1.82, 2.24) is 25.0 Å². The van der Waals surface area contributed by atoms with Crippen molar-refractivity contribution in [1.29, 1.82) is 0 Å². The minimum Gasteiger partial charge on any atom is -0.369 e. The van der Waals surface area contributed by atoms with E-state index < -0.39 is 0 Å². The average Bonchev–Trinajstić information content (AvgIpc) is 3.43. The van der Waals surface area contributed by atoms with Crippen molar-refractivity contribution < 1.29 is 0 Å². The van der Waals surface area contributed by atoms with Gasteiger partial charge in [0.1, 0.15) is 0 Å². The van der Waals surface area contributed by atoms with Crippen LogP contribution in [-0.2, 0) is 25.8 Å². The van der Waals surface area contributed by atoms with E-state index in [1.807, 2.05) is 10.9 Å². The summed E-state index contributed by atoms with van der Waals surface area (Å²) in [5.41, 5.74) is 11.8. The van der Waals surface area contributed by atoms with E-state index in [9.17, 15) is 0 Å². The largest absolute Gasteiger partial charge is 0.369 e. The molecule has 0 fully saturated rings. The first kappa shape index (κ1) is 27.6. The SMILES string of the molecule is CCCCCCCc1ccc(/C=C(\C)Cn2cc(CCCCCc3cnc(N)[nH]3)nn2)cc1.Cl. The summed E-state index contributed by atoms with van der Waals surface area (Å²) in [7, 11) is 0. The molecule has 0 bridgehead atoms. The van der Waals surface area contributed by atoms with Gasteiger partial charge >= 0.3 is 0 Å². The number of unbranched alkanes of at least 4 members (excludes halogenated alkanes) is 6. The monoisotopic (exact) mass is 484 g/mol. The Labute approximate surface area is 210 Å². The molecule has 1 aromatic carbocycles. The number of aromatic nitrogens is 5. The van der Waals surface area contributed by atoms with Gasteiger partial charge in [-0.05, 0) is 56.6 Å². The van der Waals surface area contributed by atoms with Crippen molar-refractivity contribution in [2.45, 2.75) is 91.0 Å². The molecule has 0 amide bonds. The maximum atomic E-state index is 5.61. The Morgan fingerprint density at radius 2 is 1.68 bits per heavy atom. The summed E-state index contributed by atoms with van der Waals surface area (Å²) in [6.07, 6.45) is 19.3. The molecular formula is C27H41ClN6. The number of halogens is 1. The van der Waals surface area contributed by atoms with Crippen molar-refractivity contribution in [3.8, 4) is 0 Å². The van der Waals surface area contributed by atoms with Gasteiger partial charge in [-0.25, -0.2) is 9.67 Å². The van der Waals surface area contributed by atoms with Crippen LogP contribution in [-0.4, -0.2) is 25.0 Å². The highest BCUT2D eigenvalue weighted by Crippen LogP contribution is 2.14. The number of benzene rings is 1. The smallest absolute Gasteiger partial charge is 0.197 e. The fraction of sp³-hybridized carbons (Fsp3) is 0.519. The van der Waals surface area contributed by atoms with Gasteiger partial charge in [0.2, 0.25) is 0 Å². The number of nitrogens with one attached hydrogen (secondary N) is 1. The summed E-state index contributed by atoms with van der Waals surface area (Å²) >= 11 is 0. The van der Waals surface area contributed by atoms with E-state index in [4.69, 9.17) is 5.73 Å². The fourth-order valence-electron chi connectivity index (χ4n) is 4.13. The molecule has 0 aliphatic heterocycles. The van der Waals surface area contributed by atoms with Crippen molar-refractivity contribution in [3.05, 3.63) is 64.7 Å². The number of allylic oxidation sites excluding steroid dienone is 1. The van der Waals surface area contributed by atoms with Gasteiger partial charge in [0.15, 0.2) is 5.95 Å². The Morgan fingerprint density at radius 1 is 0.971 bits per heavy atom. The molecule has 3 aromatic rings. The van der Waals surface area contributed by atoms with Gasteiger partial charge in [-0.15, -0.1) is 17.5 Å². The number of anilines is 1. The summed E-state index contributed by atoms with van der Waals surface area (Å²) in [5, 5.41) is 8.66. The van der Waals surface area contributed by atoms with E-state index in [1.165, 1.54) is 55.2 Å². The average molecular weight is 485 g/mol. The number of aromatic amines is 1. The number of H-pyrrole nitrogens is 1. The molecular weight excluding hydrogens is 444 g/mol. The number of nitrogens with zero attached hydrogens (tertiary/aromatic N) is 4. The van der Waals surface area contributed by atoms with Gasteiger partial charge in [-0.1, -0.05) is 80.2 Å². The van der Waals surface area contributed by atoms with Crippen LogP contribution in [0.3, 0.4) is 0 Å². The molecule has 2 aromatic heterocycles. The Kier molecular flexibility index (Phi) is 12.5. The lowest BCUT2D eigenvalue weighted by atomic mass is 10.0. The van der Waals surface area contributed by atoms with Crippen LogP contribution in [0.2, 0.25) is 0 Å². The maximum Gasteiger partial charge on any atom is 0.197 e. The van der Waals surface area contributed by atoms with Gasteiger partial charge in [0.25, 0.3) is 0 Å². The van der Waals surface area contributed by atoms with Gasteiger partial charge in [0.05, 0.1) is 18.4 Å². The van der Waals surface area contributed by atoms with E-state index in [0.717, 1.165) is 50.0 Å². The summed E-state index contributed by atoms with van der Waals surface area (Å²) in [6.45, 7) is 5.19.